The Bertz CT molecular complexity index is 789. The van der Waals surface area contributed by atoms with Crippen molar-refractivity contribution in [2.45, 2.75) is 217 Å². The molecule has 258 valence electrons. The fourth-order valence-electron chi connectivity index (χ4n) is 10.1. The van der Waals surface area contributed by atoms with Crippen LogP contribution >= 0.6 is 0 Å². The van der Waals surface area contributed by atoms with Gasteiger partial charge in [0.1, 0.15) is 0 Å². The van der Waals surface area contributed by atoms with Crippen LogP contribution in [0.15, 0.2) is 30.3 Å². The summed E-state index contributed by atoms with van der Waals surface area (Å²) in [6, 6.07) is 11.7. The van der Waals surface area contributed by atoms with Gasteiger partial charge in [0.15, 0.2) is 0 Å². The van der Waals surface area contributed by atoms with Gasteiger partial charge in [-0.3, -0.25) is 0 Å². The topological polar surface area (TPSA) is 0 Å². The minimum Gasteiger partial charge on any atom is -0.0654 e. The van der Waals surface area contributed by atoms with Crippen LogP contribution in [0.2, 0.25) is 0 Å². The van der Waals surface area contributed by atoms with E-state index in [4.69, 9.17) is 0 Å². The molecule has 0 saturated carbocycles. The largest absolute Gasteiger partial charge is 0.0654 e. The van der Waals surface area contributed by atoms with Gasteiger partial charge in [-0.05, 0) is 83.5 Å². The maximum Gasteiger partial charge on any atom is -0.0159 e. The minimum absolute atomic E-state index is 0.351. The van der Waals surface area contributed by atoms with Crippen molar-refractivity contribution in [2.24, 2.45) is 27.1 Å². The standard InChI is InChI=1S/C44H82/c1-13-25-29-32-43(24-12,34-40(15-3,16-4)17-5)37-44(35-41(18-6,19-7)20-8,36-42(21-9,22-10)23-11)33-38(14-2)39-30-27-26-28-31-39/h26-28,30-31,38H,13-25,29,32-37H2,1-12H3. The van der Waals surface area contributed by atoms with Crippen LogP contribution in [0.25, 0.3) is 0 Å². The summed E-state index contributed by atoms with van der Waals surface area (Å²) in [6.07, 6.45) is 27.1. The van der Waals surface area contributed by atoms with E-state index in [0.29, 0.717) is 33.0 Å². The van der Waals surface area contributed by atoms with Crippen LogP contribution in [0.3, 0.4) is 0 Å². The Labute approximate surface area is 279 Å². The molecule has 1 aromatic carbocycles. The second-order valence-electron chi connectivity index (χ2n) is 15.9. The van der Waals surface area contributed by atoms with Crippen molar-refractivity contribution in [3.8, 4) is 0 Å². The zero-order chi connectivity index (χ0) is 33.3. The van der Waals surface area contributed by atoms with Gasteiger partial charge in [-0.1, -0.05) is 197 Å². The summed E-state index contributed by atoms with van der Waals surface area (Å²) in [5, 5.41) is 0. The average Bonchev–Trinajstić information content (AvgIpc) is 3.08. The molecule has 0 saturated heterocycles. The third-order valence-corrected chi connectivity index (χ3v) is 14.3. The first-order valence-electron chi connectivity index (χ1n) is 20.1. The molecule has 0 amide bonds. The van der Waals surface area contributed by atoms with Gasteiger partial charge in [-0.15, -0.1) is 0 Å². The van der Waals surface area contributed by atoms with Crippen LogP contribution in [-0.2, 0) is 0 Å². The Kier molecular flexibility index (Phi) is 18.5. The molecule has 0 N–H and O–H groups in total. The van der Waals surface area contributed by atoms with Gasteiger partial charge in [0.25, 0.3) is 0 Å². The number of unbranched alkanes of at least 4 members (excludes halogenated alkanes) is 2. The Hall–Kier alpha value is -0.780. The smallest absolute Gasteiger partial charge is 0.0159 e. The number of benzene rings is 1. The predicted molar refractivity (Wildman–Crippen MR) is 202 cm³/mol. The second kappa shape index (κ2) is 19.8. The van der Waals surface area contributed by atoms with E-state index in [1.807, 2.05) is 0 Å². The fraction of sp³-hybridized carbons (Fsp3) is 0.864. The van der Waals surface area contributed by atoms with Gasteiger partial charge in [0.05, 0.1) is 0 Å². The maximum atomic E-state index is 2.59. The van der Waals surface area contributed by atoms with Crippen molar-refractivity contribution < 1.29 is 0 Å². The normalized spacial score (nSPS) is 15.4. The molecule has 0 fully saturated rings. The summed E-state index contributed by atoms with van der Waals surface area (Å²) in [7, 11) is 0. The van der Waals surface area contributed by atoms with Crippen LogP contribution in [-0.4, -0.2) is 0 Å². The first-order chi connectivity index (χ1) is 21.0. The van der Waals surface area contributed by atoms with E-state index >= 15 is 0 Å². The molecule has 0 spiro atoms. The van der Waals surface area contributed by atoms with Crippen molar-refractivity contribution in [3.63, 3.8) is 0 Å². The zero-order valence-electron chi connectivity index (χ0n) is 32.6. The number of hydrogen-bond donors (Lipinski definition) is 0. The van der Waals surface area contributed by atoms with Gasteiger partial charge in [0.2, 0.25) is 0 Å². The summed E-state index contributed by atoms with van der Waals surface area (Å²) in [4.78, 5) is 0. The summed E-state index contributed by atoms with van der Waals surface area (Å²) in [5.74, 6) is 0.640. The molecule has 0 aromatic heterocycles. The van der Waals surface area contributed by atoms with Crippen LogP contribution < -0.4 is 0 Å². The van der Waals surface area contributed by atoms with Gasteiger partial charge in [0, 0.05) is 0 Å². The molecule has 1 aromatic rings. The first kappa shape index (κ1) is 41.2. The zero-order valence-corrected chi connectivity index (χ0v) is 32.6. The van der Waals surface area contributed by atoms with E-state index in [1.165, 1.54) is 128 Å². The van der Waals surface area contributed by atoms with E-state index in [9.17, 15) is 0 Å². The molecule has 44 heavy (non-hydrogen) atoms. The van der Waals surface area contributed by atoms with Crippen LogP contribution in [0.4, 0.5) is 0 Å². The lowest BCUT2D eigenvalue weighted by atomic mass is 9.50. The van der Waals surface area contributed by atoms with E-state index in [2.05, 4.69) is 113 Å². The molecule has 0 aliphatic rings. The lowest BCUT2D eigenvalue weighted by molar-refractivity contribution is -0.0312. The van der Waals surface area contributed by atoms with Gasteiger partial charge in [-0.2, -0.15) is 0 Å². The van der Waals surface area contributed by atoms with Crippen LogP contribution in [0.1, 0.15) is 223 Å². The van der Waals surface area contributed by atoms with E-state index in [-0.39, 0.29) is 0 Å². The molecule has 0 heterocycles. The Morgan fingerprint density at radius 3 is 1.14 bits per heavy atom. The summed E-state index contributed by atoms with van der Waals surface area (Å²) >= 11 is 0. The van der Waals surface area contributed by atoms with Gasteiger partial charge in [-0.25, -0.2) is 0 Å². The van der Waals surface area contributed by atoms with Crippen molar-refractivity contribution in [1.82, 2.24) is 0 Å². The number of hydrogen-bond acceptors (Lipinski definition) is 0. The molecule has 2 unspecified atom stereocenters. The van der Waals surface area contributed by atoms with Gasteiger partial charge >= 0.3 is 0 Å². The highest BCUT2D eigenvalue weighted by Gasteiger charge is 2.49. The van der Waals surface area contributed by atoms with Crippen molar-refractivity contribution >= 4 is 0 Å². The SMILES string of the molecule is CCCCCC(CC)(CC(CC)(CC)CC)CC(CC(CC)c1ccccc1)(CC(CC)(CC)CC)CC(CC)(CC)CC. The molecule has 0 radical (unpaired) electrons. The highest BCUT2D eigenvalue weighted by Crippen LogP contribution is 2.61. The highest BCUT2D eigenvalue weighted by molar-refractivity contribution is 5.20. The quantitative estimate of drug-likeness (QED) is 0.0915. The van der Waals surface area contributed by atoms with E-state index in [1.54, 1.807) is 5.56 Å². The monoisotopic (exact) mass is 611 g/mol. The molecule has 0 aliphatic carbocycles. The van der Waals surface area contributed by atoms with E-state index < -0.39 is 0 Å². The van der Waals surface area contributed by atoms with Crippen LogP contribution in [0, 0.1) is 27.1 Å². The molecule has 0 aliphatic heterocycles. The third-order valence-electron chi connectivity index (χ3n) is 14.3. The molecule has 2 atom stereocenters. The van der Waals surface area contributed by atoms with Crippen molar-refractivity contribution in [3.05, 3.63) is 35.9 Å². The van der Waals surface area contributed by atoms with Crippen molar-refractivity contribution in [1.29, 1.82) is 0 Å². The highest BCUT2D eigenvalue weighted by atomic mass is 14.5. The molecule has 0 nitrogen and oxygen atoms in total. The van der Waals surface area contributed by atoms with Crippen molar-refractivity contribution in [2.75, 3.05) is 0 Å². The lowest BCUT2D eigenvalue weighted by Crippen LogP contribution is -2.43. The predicted octanol–water partition coefficient (Wildman–Crippen LogP) is 15.7. The second-order valence-corrected chi connectivity index (χ2v) is 15.9. The van der Waals surface area contributed by atoms with Gasteiger partial charge < -0.3 is 0 Å². The fourth-order valence-corrected chi connectivity index (χ4v) is 10.1. The number of rotatable bonds is 26. The Morgan fingerprint density at radius 2 is 0.795 bits per heavy atom. The average molecular weight is 611 g/mol. The van der Waals surface area contributed by atoms with Crippen LogP contribution in [0.5, 0.6) is 0 Å². The molecule has 1 rings (SSSR count). The first-order valence-corrected chi connectivity index (χ1v) is 20.1. The minimum atomic E-state index is 0.351. The Morgan fingerprint density at radius 1 is 0.432 bits per heavy atom. The Balaban J connectivity index is 4.11. The summed E-state index contributed by atoms with van der Waals surface area (Å²) in [6.45, 7) is 30.1. The molecule has 0 bridgehead atoms. The van der Waals surface area contributed by atoms with E-state index in [0.717, 1.165) is 0 Å². The third kappa shape index (κ3) is 10.9. The molecular weight excluding hydrogens is 528 g/mol. The maximum absolute atomic E-state index is 2.59. The summed E-state index contributed by atoms with van der Waals surface area (Å²) in [5.41, 5.74) is 3.72. The lowest BCUT2D eigenvalue weighted by Gasteiger charge is -2.54. The molecular formula is C44H82. The summed E-state index contributed by atoms with van der Waals surface area (Å²) < 4.78 is 0. The molecule has 0 heteroatoms.